The number of aryl methyl sites for hydroxylation is 1. The van der Waals surface area contributed by atoms with Crippen molar-refractivity contribution >= 4 is 57.9 Å². The van der Waals surface area contributed by atoms with E-state index in [1.165, 1.54) is 12.1 Å². The van der Waals surface area contributed by atoms with Gasteiger partial charge in [-0.15, -0.1) is 0 Å². The van der Waals surface area contributed by atoms with E-state index in [1.54, 1.807) is 18.2 Å². The molecule has 2 aromatic rings. The SMILES string of the molecule is Cc1ccc(NC(=O)CN2C(=O)S/C(=C/c3ccc(O)c([N+](=O)[O-])c3)C2=O)cc1Cl. The van der Waals surface area contributed by atoms with Gasteiger partial charge in [-0.3, -0.25) is 29.4 Å². The zero-order chi connectivity index (χ0) is 22.0. The first-order chi connectivity index (χ1) is 14.2. The molecule has 1 fully saturated rings. The lowest BCUT2D eigenvalue weighted by Crippen LogP contribution is -2.36. The average Bonchev–Trinajstić information content (AvgIpc) is 2.93. The van der Waals surface area contributed by atoms with E-state index in [0.717, 1.165) is 22.6 Å². The van der Waals surface area contributed by atoms with Gasteiger partial charge in [0.25, 0.3) is 11.1 Å². The molecule has 11 heteroatoms. The van der Waals surface area contributed by atoms with Gasteiger partial charge in [-0.25, -0.2) is 0 Å². The van der Waals surface area contributed by atoms with Gasteiger partial charge in [-0.05, 0) is 54.1 Å². The summed E-state index contributed by atoms with van der Waals surface area (Å²) in [6.45, 7) is 1.31. The van der Waals surface area contributed by atoms with Gasteiger partial charge in [0.1, 0.15) is 6.54 Å². The average molecular weight is 448 g/mol. The summed E-state index contributed by atoms with van der Waals surface area (Å²) in [4.78, 5) is 47.9. The van der Waals surface area contributed by atoms with Crippen LogP contribution in [0.4, 0.5) is 16.2 Å². The van der Waals surface area contributed by atoms with Gasteiger partial charge in [-0.2, -0.15) is 0 Å². The number of imide groups is 1. The molecule has 0 saturated carbocycles. The second-order valence-corrected chi connectivity index (χ2v) is 7.69. The van der Waals surface area contributed by atoms with Crippen molar-refractivity contribution in [3.63, 3.8) is 0 Å². The number of nitrogens with one attached hydrogen (secondary N) is 1. The fourth-order valence-corrected chi connectivity index (χ4v) is 3.60. The Morgan fingerprint density at radius 2 is 2.03 bits per heavy atom. The van der Waals surface area contributed by atoms with Crippen LogP contribution in [0.15, 0.2) is 41.3 Å². The molecular weight excluding hydrogens is 434 g/mol. The topological polar surface area (TPSA) is 130 Å². The van der Waals surface area contributed by atoms with Crippen molar-refractivity contribution in [3.8, 4) is 5.75 Å². The standard InChI is InChI=1S/C19H14ClN3O6S/c1-10-2-4-12(8-13(10)20)21-17(25)9-22-18(26)16(30-19(22)27)7-11-3-5-15(24)14(6-11)23(28)29/h2-8,24H,9H2,1H3,(H,21,25)/b16-7+. The first-order valence-electron chi connectivity index (χ1n) is 8.44. The van der Waals surface area contributed by atoms with E-state index in [2.05, 4.69) is 5.32 Å². The number of anilines is 1. The molecule has 0 bridgehead atoms. The quantitative estimate of drug-likeness (QED) is 0.403. The van der Waals surface area contributed by atoms with E-state index in [4.69, 9.17) is 11.6 Å². The van der Waals surface area contributed by atoms with Crippen LogP contribution in [0.3, 0.4) is 0 Å². The van der Waals surface area contributed by atoms with Crippen LogP contribution in [0.2, 0.25) is 5.02 Å². The summed E-state index contributed by atoms with van der Waals surface area (Å²) in [6.07, 6.45) is 1.29. The smallest absolute Gasteiger partial charge is 0.311 e. The molecule has 3 rings (SSSR count). The molecule has 154 valence electrons. The number of halogens is 1. The molecule has 0 radical (unpaired) electrons. The van der Waals surface area contributed by atoms with Gasteiger partial charge < -0.3 is 10.4 Å². The zero-order valence-electron chi connectivity index (χ0n) is 15.4. The Labute approximate surface area is 179 Å². The lowest BCUT2D eigenvalue weighted by molar-refractivity contribution is -0.385. The summed E-state index contributed by atoms with van der Waals surface area (Å²) in [6, 6.07) is 8.48. The number of thioether (sulfide) groups is 1. The Morgan fingerprint density at radius 3 is 2.70 bits per heavy atom. The number of carbonyl (C=O) groups is 3. The summed E-state index contributed by atoms with van der Waals surface area (Å²) in [5.74, 6) is -1.80. The molecule has 2 aromatic carbocycles. The molecule has 0 spiro atoms. The molecule has 1 saturated heterocycles. The first-order valence-corrected chi connectivity index (χ1v) is 9.64. The van der Waals surface area contributed by atoms with Crippen LogP contribution in [-0.4, -0.2) is 38.5 Å². The van der Waals surface area contributed by atoms with E-state index in [0.29, 0.717) is 22.5 Å². The largest absolute Gasteiger partial charge is 0.502 e. The first kappa shape index (κ1) is 21.3. The molecule has 1 heterocycles. The van der Waals surface area contributed by atoms with Crippen LogP contribution in [-0.2, 0) is 9.59 Å². The molecule has 2 N–H and O–H groups in total. The van der Waals surface area contributed by atoms with E-state index >= 15 is 0 Å². The maximum absolute atomic E-state index is 12.5. The minimum absolute atomic E-state index is 0.00571. The van der Waals surface area contributed by atoms with Crippen molar-refractivity contribution in [1.82, 2.24) is 4.90 Å². The monoisotopic (exact) mass is 447 g/mol. The number of amides is 3. The van der Waals surface area contributed by atoms with Crippen LogP contribution in [0, 0.1) is 17.0 Å². The normalized spacial score (nSPS) is 15.0. The molecule has 0 unspecified atom stereocenters. The van der Waals surface area contributed by atoms with Gasteiger partial charge in [0, 0.05) is 16.8 Å². The highest BCUT2D eigenvalue weighted by atomic mass is 35.5. The molecule has 0 atom stereocenters. The summed E-state index contributed by atoms with van der Waals surface area (Å²) >= 11 is 6.62. The predicted molar refractivity (Wildman–Crippen MR) is 112 cm³/mol. The Hall–Kier alpha value is -3.37. The summed E-state index contributed by atoms with van der Waals surface area (Å²) < 4.78 is 0. The molecule has 30 heavy (non-hydrogen) atoms. The summed E-state index contributed by atoms with van der Waals surface area (Å²) in [5, 5.41) is 22.8. The summed E-state index contributed by atoms with van der Waals surface area (Å²) in [5.41, 5.74) is 0.984. The van der Waals surface area contributed by atoms with Gasteiger partial charge >= 0.3 is 5.69 Å². The number of hydrogen-bond acceptors (Lipinski definition) is 7. The zero-order valence-corrected chi connectivity index (χ0v) is 17.0. The fourth-order valence-electron chi connectivity index (χ4n) is 2.58. The van der Waals surface area contributed by atoms with Gasteiger partial charge in [0.2, 0.25) is 5.91 Å². The number of nitrogens with zero attached hydrogens (tertiary/aromatic N) is 2. The number of phenols is 1. The highest BCUT2D eigenvalue weighted by Gasteiger charge is 2.36. The van der Waals surface area contributed by atoms with Crippen LogP contribution in [0.25, 0.3) is 6.08 Å². The fraction of sp³-hybridized carbons (Fsp3) is 0.105. The number of benzene rings is 2. The minimum Gasteiger partial charge on any atom is -0.502 e. The van der Waals surface area contributed by atoms with Gasteiger partial charge in [-0.1, -0.05) is 23.7 Å². The van der Waals surface area contributed by atoms with E-state index in [1.807, 2.05) is 6.92 Å². The van der Waals surface area contributed by atoms with Crippen LogP contribution < -0.4 is 5.32 Å². The van der Waals surface area contributed by atoms with Crippen LogP contribution in [0.5, 0.6) is 5.75 Å². The van der Waals surface area contributed by atoms with Crippen LogP contribution >= 0.6 is 23.4 Å². The number of phenolic OH excluding ortho intramolecular Hbond substituents is 1. The molecule has 0 aliphatic carbocycles. The molecule has 0 aromatic heterocycles. The maximum Gasteiger partial charge on any atom is 0.311 e. The van der Waals surface area contributed by atoms with Crippen molar-refractivity contribution in [3.05, 3.63) is 67.6 Å². The molecule has 9 nitrogen and oxygen atoms in total. The third kappa shape index (κ3) is 4.61. The minimum atomic E-state index is -0.764. The van der Waals surface area contributed by atoms with Crippen molar-refractivity contribution in [2.75, 3.05) is 11.9 Å². The lowest BCUT2D eigenvalue weighted by Gasteiger charge is -2.13. The Kier molecular flexibility index (Phi) is 6.09. The number of nitro benzene ring substituents is 1. The number of rotatable bonds is 5. The van der Waals surface area contributed by atoms with Crippen molar-refractivity contribution in [1.29, 1.82) is 0 Å². The number of aromatic hydroxyl groups is 1. The highest BCUT2D eigenvalue weighted by molar-refractivity contribution is 8.18. The van der Waals surface area contributed by atoms with E-state index < -0.39 is 40.0 Å². The van der Waals surface area contributed by atoms with E-state index in [-0.39, 0.29) is 10.5 Å². The molecule has 1 aliphatic rings. The Morgan fingerprint density at radius 1 is 1.30 bits per heavy atom. The van der Waals surface area contributed by atoms with Gasteiger partial charge in [0.15, 0.2) is 5.75 Å². The van der Waals surface area contributed by atoms with Crippen molar-refractivity contribution < 1.29 is 24.4 Å². The predicted octanol–water partition coefficient (Wildman–Crippen LogP) is 3.94. The number of hydrogen-bond donors (Lipinski definition) is 2. The van der Waals surface area contributed by atoms with Crippen LogP contribution in [0.1, 0.15) is 11.1 Å². The third-order valence-electron chi connectivity index (χ3n) is 4.12. The molecule has 3 amide bonds. The highest BCUT2D eigenvalue weighted by Crippen LogP contribution is 2.34. The maximum atomic E-state index is 12.5. The lowest BCUT2D eigenvalue weighted by atomic mass is 10.1. The van der Waals surface area contributed by atoms with Crippen molar-refractivity contribution in [2.45, 2.75) is 6.92 Å². The number of carbonyl (C=O) groups excluding carboxylic acids is 3. The third-order valence-corrected chi connectivity index (χ3v) is 5.44. The van der Waals surface area contributed by atoms with Gasteiger partial charge in [0.05, 0.1) is 9.83 Å². The van der Waals surface area contributed by atoms with Crippen molar-refractivity contribution in [2.24, 2.45) is 0 Å². The second kappa shape index (κ2) is 8.56. The number of nitro groups is 1. The Balaban J connectivity index is 1.73. The second-order valence-electron chi connectivity index (χ2n) is 6.29. The Bertz CT molecular complexity index is 1120. The summed E-state index contributed by atoms with van der Waals surface area (Å²) in [7, 11) is 0. The molecular formula is C19H14ClN3O6S. The van der Waals surface area contributed by atoms with E-state index in [9.17, 15) is 29.6 Å². The molecule has 1 aliphatic heterocycles.